The van der Waals surface area contributed by atoms with Gasteiger partial charge in [-0.1, -0.05) is 60.7 Å². The van der Waals surface area contributed by atoms with Gasteiger partial charge in [0, 0.05) is 24.3 Å². The lowest BCUT2D eigenvalue weighted by Crippen LogP contribution is -2.46. The fourth-order valence-electron chi connectivity index (χ4n) is 3.79. The molecule has 4 aromatic carbocycles. The van der Waals surface area contributed by atoms with Gasteiger partial charge >= 0.3 is 6.03 Å². The van der Waals surface area contributed by atoms with Gasteiger partial charge in [-0.05, 0) is 73.5 Å². The van der Waals surface area contributed by atoms with E-state index >= 15 is 0 Å². The molecule has 0 unspecified atom stereocenters. The fourth-order valence-corrected chi connectivity index (χ4v) is 3.79. The van der Waals surface area contributed by atoms with Crippen LogP contribution in [-0.4, -0.2) is 24.1 Å². The minimum Gasteiger partial charge on any atom is -0.493 e. The van der Waals surface area contributed by atoms with Gasteiger partial charge in [0.2, 0.25) is 0 Å². The van der Waals surface area contributed by atoms with Gasteiger partial charge in [-0.25, -0.2) is 4.79 Å². The number of carbonyl (C=O) groups excluding carboxylic acids is 2. The standard InChI is InChI=1S/C32H33N3O4/c1-32(2,30(36)33-23-25-9-5-3-6-10-25)39-29-17-13-24(14-18-29)21-22-38-28-19-15-27(16-20-28)35-31(37)34-26-11-7-4-8-12-26/h3-20H,21-23H2,1-2H3,(H,33,36)(H2,34,35,37). The summed E-state index contributed by atoms with van der Waals surface area (Å²) in [5, 5.41) is 8.51. The van der Waals surface area contributed by atoms with Crippen LogP contribution < -0.4 is 25.4 Å². The van der Waals surface area contributed by atoms with Crippen molar-refractivity contribution in [2.24, 2.45) is 0 Å². The lowest BCUT2D eigenvalue weighted by Gasteiger charge is -2.25. The van der Waals surface area contributed by atoms with Crippen LogP contribution in [0.25, 0.3) is 0 Å². The Morgan fingerprint density at radius 1 is 0.667 bits per heavy atom. The van der Waals surface area contributed by atoms with Crippen LogP contribution in [0.5, 0.6) is 11.5 Å². The van der Waals surface area contributed by atoms with Crippen molar-refractivity contribution in [2.45, 2.75) is 32.4 Å². The first-order valence-electron chi connectivity index (χ1n) is 12.8. The molecule has 0 aromatic heterocycles. The summed E-state index contributed by atoms with van der Waals surface area (Å²) in [5.74, 6) is 1.16. The number of para-hydroxylation sites is 1. The third-order valence-corrected chi connectivity index (χ3v) is 5.94. The van der Waals surface area contributed by atoms with Crippen molar-refractivity contribution in [2.75, 3.05) is 17.2 Å². The van der Waals surface area contributed by atoms with Crippen molar-refractivity contribution in [3.05, 3.63) is 120 Å². The summed E-state index contributed by atoms with van der Waals surface area (Å²) in [6.07, 6.45) is 0.709. The minimum absolute atomic E-state index is 0.179. The highest BCUT2D eigenvalue weighted by Gasteiger charge is 2.29. The largest absolute Gasteiger partial charge is 0.493 e. The molecule has 4 rings (SSSR count). The molecule has 200 valence electrons. The molecule has 0 heterocycles. The molecule has 7 nitrogen and oxygen atoms in total. The molecular weight excluding hydrogens is 490 g/mol. The summed E-state index contributed by atoms with van der Waals surface area (Å²) < 4.78 is 11.8. The maximum absolute atomic E-state index is 12.7. The number of nitrogens with one attached hydrogen (secondary N) is 3. The van der Waals surface area contributed by atoms with Gasteiger partial charge in [0.1, 0.15) is 11.5 Å². The molecule has 4 aromatic rings. The molecule has 0 fully saturated rings. The molecule has 0 aliphatic carbocycles. The number of ether oxygens (including phenoxy) is 2. The van der Waals surface area contributed by atoms with Crippen molar-refractivity contribution >= 4 is 23.3 Å². The fraction of sp³-hybridized carbons (Fsp3) is 0.188. The van der Waals surface area contributed by atoms with Crippen LogP contribution in [0.2, 0.25) is 0 Å². The Bertz CT molecular complexity index is 1340. The molecule has 0 saturated carbocycles. The molecule has 0 saturated heterocycles. The smallest absolute Gasteiger partial charge is 0.323 e. The maximum atomic E-state index is 12.7. The predicted octanol–water partition coefficient (Wildman–Crippen LogP) is 6.43. The van der Waals surface area contributed by atoms with Crippen LogP contribution in [0.3, 0.4) is 0 Å². The average molecular weight is 524 g/mol. The van der Waals surface area contributed by atoms with Gasteiger partial charge < -0.3 is 25.4 Å². The van der Waals surface area contributed by atoms with Crippen molar-refractivity contribution in [1.29, 1.82) is 0 Å². The number of carbonyl (C=O) groups is 2. The van der Waals surface area contributed by atoms with E-state index in [-0.39, 0.29) is 11.9 Å². The third-order valence-electron chi connectivity index (χ3n) is 5.94. The van der Waals surface area contributed by atoms with Crippen LogP contribution in [0.1, 0.15) is 25.0 Å². The number of rotatable bonds is 11. The van der Waals surface area contributed by atoms with Crippen molar-refractivity contribution < 1.29 is 19.1 Å². The van der Waals surface area contributed by atoms with Crippen LogP contribution >= 0.6 is 0 Å². The second-order valence-electron chi connectivity index (χ2n) is 9.49. The van der Waals surface area contributed by atoms with Crippen LogP contribution in [0, 0.1) is 0 Å². The number of amides is 3. The molecule has 3 N–H and O–H groups in total. The maximum Gasteiger partial charge on any atom is 0.323 e. The van der Waals surface area contributed by atoms with Gasteiger partial charge in [0.25, 0.3) is 5.91 Å². The minimum atomic E-state index is -1.01. The number of hydrogen-bond donors (Lipinski definition) is 3. The van der Waals surface area contributed by atoms with Crippen molar-refractivity contribution in [3.63, 3.8) is 0 Å². The highest BCUT2D eigenvalue weighted by atomic mass is 16.5. The summed E-state index contributed by atoms with van der Waals surface area (Å²) in [7, 11) is 0. The van der Waals surface area contributed by atoms with Crippen LogP contribution in [0.4, 0.5) is 16.2 Å². The van der Waals surface area contributed by atoms with E-state index < -0.39 is 5.60 Å². The van der Waals surface area contributed by atoms with Crippen molar-refractivity contribution in [3.8, 4) is 11.5 Å². The summed E-state index contributed by atoms with van der Waals surface area (Å²) in [6.45, 7) is 4.46. The lowest BCUT2D eigenvalue weighted by molar-refractivity contribution is -0.134. The summed E-state index contributed by atoms with van der Waals surface area (Å²) in [5.41, 5.74) is 2.50. The lowest BCUT2D eigenvalue weighted by atomic mass is 10.1. The van der Waals surface area contributed by atoms with Gasteiger partial charge in [0.15, 0.2) is 5.60 Å². The Hall–Kier alpha value is -4.78. The molecular formula is C32H33N3O4. The summed E-state index contributed by atoms with van der Waals surface area (Å²) in [4.78, 5) is 24.8. The second kappa shape index (κ2) is 13.1. The normalized spacial score (nSPS) is 10.8. The zero-order valence-corrected chi connectivity index (χ0v) is 22.1. The molecule has 0 aliphatic heterocycles. The second-order valence-corrected chi connectivity index (χ2v) is 9.49. The van der Waals surface area contributed by atoms with Gasteiger partial charge in [-0.3, -0.25) is 4.79 Å². The first kappa shape index (κ1) is 27.3. The van der Waals surface area contributed by atoms with Gasteiger partial charge in [0.05, 0.1) is 6.61 Å². The Balaban J connectivity index is 1.19. The molecule has 0 spiro atoms. The zero-order valence-electron chi connectivity index (χ0n) is 22.1. The quantitative estimate of drug-likeness (QED) is 0.211. The molecule has 0 radical (unpaired) electrons. The van der Waals surface area contributed by atoms with E-state index in [1.54, 1.807) is 26.0 Å². The van der Waals surface area contributed by atoms with Crippen molar-refractivity contribution in [1.82, 2.24) is 5.32 Å². The van der Waals surface area contributed by atoms with Gasteiger partial charge in [-0.2, -0.15) is 0 Å². The van der Waals surface area contributed by atoms with Crippen LogP contribution in [-0.2, 0) is 17.8 Å². The van der Waals surface area contributed by atoms with E-state index in [0.717, 1.165) is 16.8 Å². The third kappa shape index (κ3) is 8.64. The molecule has 3 amide bonds. The first-order chi connectivity index (χ1) is 18.9. The Morgan fingerprint density at radius 3 is 1.87 bits per heavy atom. The summed E-state index contributed by atoms with van der Waals surface area (Å²) >= 11 is 0. The Labute approximate surface area is 229 Å². The van der Waals surface area contributed by atoms with Gasteiger partial charge in [-0.15, -0.1) is 0 Å². The number of benzene rings is 4. The monoisotopic (exact) mass is 523 g/mol. The highest BCUT2D eigenvalue weighted by Crippen LogP contribution is 2.21. The average Bonchev–Trinajstić information content (AvgIpc) is 2.94. The van der Waals surface area contributed by atoms with E-state index in [0.29, 0.717) is 36.8 Å². The van der Waals surface area contributed by atoms with Crippen LogP contribution in [0.15, 0.2) is 109 Å². The first-order valence-corrected chi connectivity index (χ1v) is 12.8. The molecule has 0 bridgehead atoms. The molecule has 39 heavy (non-hydrogen) atoms. The topological polar surface area (TPSA) is 88.7 Å². The van der Waals surface area contributed by atoms with E-state index in [1.165, 1.54) is 0 Å². The molecule has 0 atom stereocenters. The summed E-state index contributed by atoms with van der Waals surface area (Å²) in [6, 6.07) is 33.6. The Morgan fingerprint density at radius 2 is 1.23 bits per heavy atom. The number of anilines is 2. The molecule has 0 aliphatic rings. The predicted molar refractivity (Wildman–Crippen MR) is 154 cm³/mol. The number of urea groups is 1. The van der Waals surface area contributed by atoms with E-state index in [4.69, 9.17) is 9.47 Å². The Kier molecular flexibility index (Phi) is 9.19. The zero-order chi connectivity index (χ0) is 27.5. The van der Waals surface area contributed by atoms with E-state index in [2.05, 4.69) is 16.0 Å². The van der Waals surface area contributed by atoms with E-state index in [9.17, 15) is 9.59 Å². The number of hydrogen-bond acceptors (Lipinski definition) is 4. The van der Waals surface area contributed by atoms with E-state index in [1.807, 2.05) is 97.1 Å². The SMILES string of the molecule is CC(C)(Oc1ccc(CCOc2ccc(NC(=O)Nc3ccccc3)cc2)cc1)C(=O)NCc1ccccc1. The molecule has 7 heteroatoms. The highest BCUT2D eigenvalue weighted by molar-refractivity contribution is 5.99.